The molecule has 0 aliphatic rings. The van der Waals surface area contributed by atoms with Crippen LogP contribution in [0.5, 0.6) is 11.6 Å². The van der Waals surface area contributed by atoms with E-state index >= 15 is 0 Å². The molecular formula is C15H15ClF2N2O. The minimum atomic E-state index is -0.804. The van der Waals surface area contributed by atoms with Crippen molar-refractivity contribution in [3.63, 3.8) is 0 Å². The Bertz CT molecular complexity index is 684. The molecule has 0 atom stereocenters. The molecule has 3 nitrogen and oxygen atoms in total. The van der Waals surface area contributed by atoms with Crippen molar-refractivity contribution in [1.82, 2.24) is 9.97 Å². The SMILES string of the molecule is Cc1c(Cl)nc(C(C)(C)C)nc1Oc1ccc(F)cc1F. The Hall–Kier alpha value is -1.75. The van der Waals surface area contributed by atoms with Gasteiger partial charge >= 0.3 is 0 Å². The van der Waals surface area contributed by atoms with Crippen LogP contribution in [0.4, 0.5) is 8.78 Å². The van der Waals surface area contributed by atoms with Gasteiger partial charge in [0.1, 0.15) is 16.8 Å². The second-order valence-corrected chi connectivity index (χ2v) is 6.05. The lowest BCUT2D eigenvalue weighted by Crippen LogP contribution is -2.17. The summed E-state index contributed by atoms with van der Waals surface area (Å²) >= 11 is 6.07. The summed E-state index contributed by atoms with van der Waals surface area (Å²) in [5.41, 5.74) is 0.157. The molecule has 0 aliphatic heterocycles. The van der Waals surface area contributed by atoms with E-state index < -0.39 is 11.6 Å². The number of halogens is 3. The zero-order valence-electron chi connectivity index (χ0n) is 12.2. The highest BCUT2D eigenvalue weighted by Crippen LogP contribution is 2.31. The lowest BCUT2D eigenvalue weighted by atomic mass is 9.96. The van der Waals surface area contributed by atoms with Crippen molar-refractivity contribution >= 4 is 11.6 Å². The van der Waals surface area contributed by atoms with Crippen LogP contribution in [0.15, 0.2) is 18.2 Å². The fourth-order valence-electron chi connectivity index (χ4n) is 1.57. The summed E-state index contributed by atoms with van der Waals surface area (Å²) in [5, 5.41) is 0.243. The minimum Gasteiger partial charge on any atom is -0.435 e. The van der Waals surface area contributed by atoms with E-state index in [1.54, 1.807) is 6.92 Å². The molecule has 1 heterocycles. The molecule has 112 valence electrons. The first-order valence-corrected chi connectivity index (χ1v) is 6.74. The van der Waals surface area contributed by atoms with E-state index in [1.165, 1.54) is 6.07 Å². The summed E-state index contributed by atoms with van der Waals surface area (Å²) in [5.74, 6) is -0.954. The molecule has 0 N–H and O–H groups in total. The lowest BCUT2D eigenvalue weighted by molar-refractivity contribution is 0.411. The van der Waals surface area contributed by atoms with E-state index in [4.69, 9.17) is 16.3 Å². The number of benzene rings is 1. The fourth-order valence-corrected chi connectivity index (χ4v) is 1.73. The Balaban J connectivity index is 2.46. The maximum atomic E-state index is 13.7. The van der Waals surface area contributed by atoms with Crippen LogP contribution < -0.4 is 4.74 Å². The molecule has 2 rings (SSSR count). The predicted molar refractivity (Wildman–Crippen MR) is 76.9 cm³/mol. The molecule has 6 heteroatoms. The lowest BCUT2D eigenvalue weighted by Gasteiger charge is -2.19. The smallest absolute Gasteiger partial charge is 0.227 e. The summed E-state index contributed by atoms with van der Waals surface area (Å²) < 4.78 is 32.0. The van der Waals surface area contributed by atoms with Gasteiger partial charge in [-0.25, -0.2) is 13.8 Å². The first-order valence-electron chi connectivity index (χ1n) is 6.36. The van der Waals surface area contributed by atoms with Crippen LogP contribution in [-0.2, 0) is 5.41 Å². The summed E-state index contributed by atoms with van der Waals surface area (Å²) in [4.78, 5) is 8.49. The van der Waals surface area contributed by atoms with Crippen LogP contribution in [0.25, 0.3) is 0 Å². The summed E-state index contributed by atoms with van der Waals surface area (Å²) in [6, 6.07) is 3.07. The zero-order valence-corrected chi connectivity index (χ0v) is 12.9. The fraction of sp³-hybridized carbons (Fsp3) is 0.333. The average molecular weight is 313 g/mol. The average Bonchev–Trinajstić information content (AvgIpc) is 2.36. The minimum absolute atomic E-state index is 0.117. The molecule has 2 aromatic rings. The molecule has 0 radical (unpaired) electrons. The second kappa shape index (κ2) is 5.56. The van der Waals surface area contributed by atoms with Gasteiger partial charge in [-0.15, -0.1) is 0 Å². The van der Waals surface area contributed by atoms with Crippen molar-refractivity contribution in [2.24, 2.45) is 0 Å². The van der Waals surface area contributed by atoms with Gasteiger partial charge in [0.2, 0.25) is 5.88 Å². The molecule has 0 amide bonds. The maximum Gasteiger partial charge on any atom is 0.227 e. The van der Waals surface area contributed by atoms with Gasteiger partial charge in [-0.05, 0) is 19.1 Å². The quantitative estimate of drug-likeness (QED) is 0.747. The van der Waals surface area contributed by atoms with Crippen molar-refractivity contribution in [3.05, 3.63) is 46.4 Å². The summed E-state index contributed by atoms with van der Waals surface area (Å²) in [6.07, 6.45) is 0. The maximum absolute atomic E-state index is 13.7. The zero-order chi connectivity index (χ0) is 15.8. The topological polar surface area (TPSA) is 35.0 Å². The van der Waals surface area contributed by atoms with Crippen LogP contribution in [0.2, 0.25) is 5.15 Å². The molecule has 0 saturated heterocycles. The normalized spacial score (nSPS) is 11.6. The van der Waals surface area contributed by atoms with Crippen molar-refractivity contribution in [2.45, 2.75) is 33.1 Å². The van der Waals surface area contributed by atoms with Crippen molar-refractivity contribution in [3.8, 4) is 11.6 Å². The number of hydrogen-bond acceptors (Lipinski definition) is 3. The van der Waals surface area contributed by atoms with E-state index in [1.807, 2.05) is 20.8 Å². The standard InChI is InChI=1S/C15H15ClF2N2O/c1-8-12(16)19-14(15(2,3)4)20-13(8)21-11-6-5-9(17)7-10(11)18/h5-7H,1-4H3. The van der Waals surface area contributed by atoms with Gasteiger partial charge in [-0.1, -0.05) is 32.4 Å². The van der Waals surface area contributed by atoms with Gasteiger partial charge in [0.15, 0.2) is 11.6 Å². The van der Waals surface area contributed by atoms with Gasteiger partial charge in [0, 0.05) is 17.0 Å². The van der Waals surface area contributed by atoms with Gasteiger partial charge in [0.05, 0.1) is 0 Å². The Kier molecular flexibility index (Phi) is 4.14. The van der Waals surface area contributed by atoms with Crippen molar-refractivity contribution < 1.29 is 13.5 Å². The molecule has 1 aromatic heterocycles. The third-order valence-corrected chi connectivity index (χ3v) is 3.18. The van der Waals surface area contributed by atoms with E-state index in [9.17, 15) is 8.78 Å². The van der Waals surface area contributed by atoms with Crippen LogP contribution in [0, 0.1) is 18.6 Å². The van der Waals surface area contributed by atoms with Crippen LogP contribution >= 0.6 is 11.6 Å². The molecule has 0 fully saturated rings. The van der Waals surface area contributed by atoms with Crippen molar-refractivity contribution in [2.75, 3.05) is 0 Å². The highest BCUT2D eigenvalue weighted by molar-refractivity contribution is 6.30. The summed E-state index contributed by atoms with van der Waals surface area (Å²) in [7, 11) is 0. The van der Waals surface area contributed by atoms with Crippen LogP contribution in [0.1, 0.15) is 32.2 Å². The van der Waals surface area contributed by atoms with Crippen LogP contribution in [0.3, 0.4) is 0 Å². The third-order valence-electron chi connectivity index (χ3n) is 2.81. The van der Waals surface area contributed by atoms with Crippen molar-refractivity contribution in [1.29, 1.82) is 0 Å². The highest BCUT2D eigenvalue weighted by Gasteiger charge is 2.22. The predicted octanol–water partition coefficient (Wildman–Crippen LogP) is 4.81. The number of ether oxygens (including phenoxy) is 1. The van der Waals surface area contributed by atoms with Gasteiger partial charge < -0.3 is 4.74 Å². The molecular weight excluding hydrogens is 298 g/mol. The Morgan fingerprint density at radius 3 is 2.38 bits per heavy atom. The highest BCUT2D eigenvalue weighted by atomic mass is 35.5. The van der Waals surface area contributed by atoms with Gasteiger partial charge in [-0.2, -0.15) is 4.98 Å². The monoisotopic (exact) mass is 312 g/mol. The Morgan fingerprint density at radius 2 is 1.81 bits per heavy atom. The molecule has 0 saturated carbocycles. The first kappa shape index (κ1) is 15.6. The molecule has 0 bridgehead atoms. The Labute approximate surface area is 127 Å². The van der Waals surface area contributed by atoms with Crippen LogP contribution in [-0.4, -0.2) is 9.97 Å². The number of nitrogens with zero attached hydrogens (tertiary/aromatic N) is 2. The molecule has 1 aromatic carbocycles. The van der Waals surface area contributed by atoms with E-state index in [0.717, 1.165) is 12.1 Å². The first-order chi connectivity index (χ1) is 9.68. The second-order valence-electron chi connectivity index (χ2n) is 5.69. The van der Waals surface area contributed by atoms with E-state index in [-0.39, 0.29) is 22.2 Å². The van der Waals surface area contributed by atoms with Gasteiger partial charge in [0.25, 0.3) is 0 Å². The number of aromatic nitrogens is 2. The Morgan fingerprint density at radius 1 is 1.14 bits per heavy atom. The largest absolute Gasteiger partial charge is 0.435 e. The molecule has 0 spiro atoms. The number of hydrogen-bond donors (Lipinski definition) is 0. The molecule has 0 unspecified atom stereocenters. The third kappa shape index (κ3) is 3.47. The molecule has 21 heavy (non-hydrogen) atoms. The van der Waals surface area contributed by atoms with Gasteiger partial charge in [-0.3, -0.25) is 0 Å². The number of rotatable bonds is 2. The molecule has 0 aliphatic carbocycles. The van der Waals surface area contributed by atoms with E-state index in [2.05, 4.69) is 9.97 Å². The summed E-state index contributed by atoms with van der Waals surface area (Å²) in [6.45, 7) is 7.45. The van der Waals surface area contributed by atoms with E-state index in [0.29, 0.717) is 11.4 Å².